The quantitative estimate of drug-likeness (QED) is 0.669. The summed E-state index contributed by atoms with van der Waals surface area (Å²) < 4.78 is 0. The van der Waals surface area contributed by atoms with Gasteiger partial charge in [0.1, 0.15) is 0 Å². The van der Waals surface area contributed by atoms with E-state index in [1.165, 1.54) is 0 Å². The van der Waals surface area contributed by atoms with Crippen molar-refractivity contribution in [2.24, 2.45) is 5.92 Å². The number of halogens is 1. The first-order valence-electron chi connectivity index (χ1n) is 3.59. The summed E-state index contributed by atoms with van der Waals surface area (Å²) >= 11 is 0. The predicted octanol–water partition coefficient (Wildman–Crippen LogP) is 1.13. The van der Waals surface area contributed by atoms with Gasteiger partial charge in [0.15, 0.2) is 0 Å². The Morgan fingerprint density at radius 3 is 2.45 bits per heavy atom. The predicted molar refractivity (Wildman–Crippen MR) is 47.2 cm³/mol. The molecule has 0 saturated carbocycles. The van der Waals surface area contributed by atoms with Gasteiger partial charge in [0.2, 0.25) is 0 Å². The van der Waals surface area contributed by atoms with Crippen molar-refractivity contribution < 1.29 is 9.90 Å². The highest BCUT2D eigenvalue weighted by atomic mass is 35.5. The molecule has 4 heteroatoms. The van der Waals surface area contributed by atoms with E-state index in [1.807, 2.05) is 6.92 Å². The van der Waals surface area contributed by atoms with Gasteiger partial charge in [-0.05, 0) is 13.5 Å². The fraction of sp³-hybridized carbons (Fsp3) is 0.857. The first-order chi connectivity index (χ1) is 4.72. The van der Waals surface area contributed by atoms with Crippen LogP contribution in [-0.2, 0) is 4.79 Å². The summed E-state index contributed by atoms with van der Waals surface area (Å²) in [5.74, 6) is -0.911. The summed E-state index contributed by atoms with van der Waals surface area (Å²) in [5, 5.41) is 11.4. The minimum atomic E-state index is -0.698. The van der Waals surface area contributed by atoms with E-state index in [2.05, 4.69) is 5.32 Å². The van der Waals surface area contributed by atoms with Crippen molar-refractivity contribution in [2.45, 2.75) is 19.8 Å². The van der Waals surface area contributed by atoms with Gasteiger partial charge in [-0.25, -0.2) is 0 Å². The van der Waals surface area contributed by atoms with Gasteiger partial charge < -0.3 is 10.4 Å². The van der Waals surface area contributed by atoms with Crippen LogP contribution in [0.1, 0.15) is 19.8 Å². The molecule has 0 aliphatic heterocycles. The molecule has 0 spiro atoms. The van der Waals surface area contributed by atoms with Crippen molar-refractivity contribution in [2.75, 3.05) is 13.6 Å². The second-order valence-electron chi connectivity index (χ2n) is 2.38. The van der Waals surface area contributed by atoms with Crippen LogP contribution in [0.15, 0.2) is 0 Å². The SMILES string of the molecule is CCC[C@@H](CNC)C(=O)O.Cl. The molecular formula is C7H16ClNO2. The molecule has 0 aromatic heterocycles. The molecular weight excluding hydrogens is 166 g/mol. The second kappa shape index (κ2) is 7.82. The molecule has 11 heavy (non-hydrogen) atoms. The van der Waals surface area contributed by atoms with Crippen LogP contribution in [0.2, 0.25) is 0 Å². The van der Waals surface area contributed by atoms with Crippen molar-refractivity contribution in [1.82, 2.24) is 5.32 Å². The zero-order valence-electron chi connectivity index (χ0n) is 6.96. The van der Waals surface area contributed by atoms with E-state index in [1.54, 1.807) is 7.05 Å². The topological polar surface area (TPSA) is 49.3 Å². The number of carbonyl (C=O) groups is 1. The van der Waals surface area contributed by atoms with E-state index < -0.39 is 5.97 Å². The van der Waals surface area contributed by atoms with Gasteiger partial charge in [-0.2, -0.15) is 0 Å². The van der Waals surface area contributed by atoms with Crippen LogP contribution in [0.5, 0.6) is 0 Å². The molecule has 0 radical (unpaired) electrons. The van der Waals surface area contributed by atoms with E-state index in [0.717, 1.165) is 12.8 Å². The molecule has 0 rings (SSSR count). The first-order valence-corrected chi connectivity index (χ1v) is 3.59. The van der Waals surface area contributed by atoms with Gasteiger partial charge in [0, 0.05) is 6.54 Å². The van der Waals surface area contributed by atoms with Gasteiger partial charge in [-0.3, -0.25) is 4.79 Å². The number of hydrogen-bond acceptors (Lipinski definition) is 2. The summed E-state index contributed by atoms with van der Waals surface area (Å²) in [6.07, 6.45) is 1.69. The summed E-state index contributed by atoms with van der Waals surface area (Å²) in [6, 6.07) is 0. The average Bonchev–Trinajstić information content (AvgIpc) is 1.87. The maximum absolute atomic E-state index is 10.4. The number of carboxylic acid groups (broad SMARTS) is 1. The lowest BCUT2D eigenvalue weighted by Gasteiger charge is -2.08. The van der Waals surface area contributed by atoms with E-state index in [4.69, 9.17) is 5.11 Å². The first kappa shape index (κ1) is 13.3. The molecule has 0 heterocycles. The normalized spacial score (nSPS) is 11.8. The number of hydrogen-bond donors (Lipinski definition) is 2. The smallest absolute Gasteiger partial charge is 0.307 e. The Morgan fingerprint density at radius 1 is 1.64 bits per heavy atom. The molecule has 0 aromatic carbocycles. The molecule has 3 nitrogen and oxygen atoms in total. The summed E-state index contributed by atoms with van der Waals surface area (Å²) in [5.41, 5.74) is 0. The van der Waals surface area contributed by atoms with Crippen LogP contribution in [0.25, 0.3) is 0 Å². The lowest BCUT2D eigenvalue weighted by molar-refractivity contribution is -0.141. The number of nitrogens with one attached hydrogen (secondary N) is 1. The van der Waals surface area contributed by atoms with Crippen LogP contribution < -0.4 is 5.32 Å². The lowest BCUT2D eigenvalue weighted by Crippen LogP contribution is -2.25. The van der Waals surface area contributed by atoms with E-state index in [0.29, 0.717) is 6.54 Å². The molecule has 0 aliphatic rings. The van der Waals surface area contributed by atoms with E-state index in [-0.39, 0.29) is 18.3 Å². The highest BCUT2D eigenvalue weighted by Crippen LogP contribution is 2.04. The average molecular weight is 182 g/mol. The zero-order valence-corrected chi connectivity index (χ0v) is 7.78. The Kier molecular flexibility index (Phi) is 9.47. The third-order valence-corrected chi connectivity index (χ3v) is 1.44. The molecule has 1 atom stereocenters. The third kappa shape index (κ3) is 6.13. The van der Waals surface area contributed by atoms with Crippen molar-refractivity contribution >= 4 is 18.4 Å². The van der Waals surface area contributed by atoms with Gasteiger partial charge in [-0.15, -0.1) is 12.4 Å². The largest absolute Gasteiger partial charge is 0.481 e. The van der Waals surface area contributed by atoms with Gasteiger partial charge >= 0.3 is 5.97 Å². The molecule has 0 fully saturated rings. The molecule has 0 aliphatic carbocycles. The second-order valence-corrected chi connectivity index (χ2v) is 2.38. The van der Waals surface area contributed by atoms with Gasteiger partial charge in [-0.1, -0.05) is 13.3 Å². The molecule has 0 saturated heterocycles. The Labute approximate surface area is 73.6 Å². The molecule has 0 aromatic rings. The highest BCUT2D eigenvalue weighted by Gasteiger charge is 2.13. The molecule has 68 valence electrons. The van der Waals surface area contributed by atoms with E-state index >= 15 is 0 Å². The zero-order chi connectivity index (χ0) is 7.98. The van der Waals surface area contributed by atoms with Crippen LogP contribution in [-0.4, -0.2) is 24.7 Å². The number of carboxylic acids is 1. The summed E-state index contributed by atoms with van der Waals surface area (Å²) in [7, 11) is 1.77. The van der Waals surface area contributed by atoms with Crippen LogP contribution in [0.3, 0.4) is 0 Å². The fourth-order valence-corrected chi connectivity index (χ4v) is 0.908. The van der Waals surface area contributed by atoms with Crippen LogP contribution in [0.4, 0.5) is 0 Å². The van der Waals surface area contributed by atoms with Crippen molar-refractivity contribution in [1.29, 1.82) is 0 Å². The summed E-state index contributed by atoms with van der Waals surface area (Å²) in [6.45, 7) is 2.56. The highest BCUT2D eigenvalue weighted by molar-refractivity contribution is 5.85. The number of rotatable bonds is 5. The minimum absolute atomic E-state index is 0. The molecule has 0 amide bonds. The Morgan fingerprint density at radius 2 is 2.18 bits per heavy atom. The number of aliphatic carboxylic acids is 1. The Bertz CT molecular complexity index is 103. The van der Waals surface area contributed by atoms with Crippen molar-refractivity contribution in [3.63, 3.8) is 0 Å². The molecule has 0 bridgehead atoms. The lowest BCUT2D eigenvalue weighted by atomic mass is 10.0. The fourth-order valence-electron chi connectivity index (χ4n) is 0.908. The molecule has 0 unspecified atom stereocenters. The minimum Gasteiger partial charge on any atom is -0.481 e. The van der Waals surface area contributed by atoms with Crippen molar-refractivity contribution in [3.8, 4) is 0 Å². The Balaban J connectivity index is 0. The van der Waals surface area contributed by atoms with Gasteiger partial charge in [0.25, 0.3) is 0 Å². The summed E-state index contributed by atoms with van der Waals surface area (Å²) in [4.78, 5) is 10.4. The molecule has 2 N–H and O–H groups in total. The van der Waals surface area contributed by atoms with Gasteiger partial charge in [0.05, 0.1) is 5.92 Å². The maximum Gasteiger partial charge on any atom is 0.307 e. The van der Waals surface area contributed by atoms with Crippen LogP contribution in [0, 0.1) is 5.92 Å². The van der Waals surface area contributed by atoms with Crippen molar-refractivity contribution in [3.05, 3.63) is 0 Å². The monoisotopic (exact) mass is 181 g/mol. The maximum atomic E-state index is 10.4. The third-order valence-electron chi connectivity index (χ3n) is 1.44. The van der Waals surface area contributed by atoms with E-state index in [9.17, 15) is 4.79 Å². The standard InChI is InChI=1S/C7H15NO2.ClH/c1-3-4-6(5-8-2)7(9)10;/h6,8H,3-5H2,1-2H3,(H,9,10);1H/t6-;/m0./s1. The Hall–Kier alpha value is -0.280. The van der Waals surface area contributed by atoms with Crippen LogP contribution >= 0.6 is 12.4 Å².